The van der Waals surface area contributed by atoms with E-state index in [1.165, 1.54) is 0 Å². The van der Waals surface area contributed by atoms with Gasteiger partial charge in [0.1, 0.15) is 5.60 Å². The van der Waals surface area contributed by atoms with Crippen LogP contribution in [0.15, 0.2) is 91.0 Å². The highest BCUT2D eigenvalue weighted by Crippen LogP contribution is 2.34. The van der Waals surface area contributed by atoms with Gasteiger partial charge < -0.3 is 5.11 Å². The molecule has 0 bridgehead atoms. The minimum absolute atomic E-state index is 0.00500. The first kappa shape index (κ1) is 15.2. The lowest BCUT2D eigenvalue weighted by Crippen LogP contribution is -2.30. The van der Waals surface area contributed by atoms with Gasteiger partial charge in [0, 0.05) is 12.0 Å². The summed E-state index contributed by atoms with van der Waals surface area (Å²) in [6.45, 7) is 0. The van der Waals surface area contributed by atoms with Crippen LogP contribution in [-0.4, -0.2) is 10.9 Å². The van der Waals surface area contributed by atoms with Crippen LogP contribution in [0.25, 0.3) is 0 Å². The van der Waals surface area contributed by atoms with E-state index in [1.807, 2.05) is 78.9 Å². The van der Waals surface area contributed by atoms with Gasteiger partial charge in [0.2, 0.25) is 0 Å². The minimum atomic E-state index is -1.34. The summed E-state index contributed by atoms with van der Waals surface area (Å²) in [4.78, 5) is 12.6. The Labute approximate surface area is 136 Å². The lowest BCUT2D eigenvalue weighted by atomic mass is 9.81. The molecule has 0 saturated carbocycles. The molecule has 3 aromatic carbocycles. The number of aliphatic hydroxyl groups is 1. The van der Waals surface area contributed by atoms with E-state index in [2.05, 4.69) is 0 Å². The van der Waals surface area contributed by atoms with Crippen LogP contribution in [0.3, 0.4) is 0 Å². The molecule has 114 valence electrons. The molecular formula is C21H18O2. The second kappa shape index (κ2) is 6.59. The number of Topliss-reactive ketones (excluding diaryl/α,β-unsaturated/α-hetero) is 1. The van der Waals surface area contributed by atoms with Gasteiger partial charge in [-0.15, -0.1) is 0 Å². The Morgan fingerprint density at radius 2 is 1.09 bits per heavy atom. The van der Waals surface area contributed by atoms with E-state index in [1.54, 1.807) is 12.1 Å². The van der Waals surface area contributed by atoms with Gasteiger partial charge >= 0.3 is 0 Å². The largest absolute Gasteiger partial charge is 0.380 e. The average Bonchev–Trinajstić information content (AvgIpc) is 2.64. The van der Waals surface area contributed by atoms with Crippen molar-refractivity contribution in [2.75, 3.05) is 0 Å². The molecule has 0 heterocycles. The number of carbonyl (C=O) groups is 1. The second-order valence-electron chi connectivity index (χ2n) is 5.56. The zero-order valence-corrected chi connectivity index (χ0v) is 12.7. The zero-order valence-electron chi connectivity index (χ0n) is 12.7. The van der Waals surface area contributed by atoms with Crippen molar-refractivity contribution >= 4 is 5.78 Å². The third kappa shape index (κ3) is 3.22. The number of rotatable bonds is 5. The molecule has 0 aromatic heterocycles. The van der Waals surface area contributed by atoms with Gasteiger partial charge in [0.15, 0.2) is 5.78 Å². The second-order valence-corrected chi connectivity index (χ2v) is 5.56. The van der Waals surface area contributed by atoms with E-state index in [0.717, 1.165) is 11.1 Å². The van der Waals surface area contributed by atoms with Crippen LogP contribution in [0.4, 0.5) is 0 Å². The summed E-state index contributed by atoms with van der Waals surface area (Å²) in [6.07, 6.45) is 0.00500. The molecule has 3 rings (SSSR count). The molecule has 3 aromatic rings. The lowest BCUT2D eigenvalue weighted by molar-refractivity contribution is 0.0583. The van der Waals surface area contributed by atoms with Crippen molar-refractivity contribution in [1.29, 1.82) is 0 Å². The maximum Gasteiger partial charge on any atom is 0.166 e. The highest BCUT2D eigenvalue weighted by molar-refractivity contribution is 5.97. The normalized spacial score (nSPS) is 11.2. The Hall–Kier alpha value is -2.71. The Bertz CT molecular complexity index is 725. The van der Waals surface area contributed by atoms with E-state index in [4.69, 9.17) is 0 Å². The molecular weight excluding hydrogens is 284 g/mol. The predicted octanol–water partition coefficient (Wildman–Crippen LogP) is 4.20. The Morgan fingerprint density at radius 3 is 1.52 bits per heavy atom. The lowest BCUT2D eigenvalue weighted by Gasteiger charge is -2.29. The van der Waals surface area contributed by atoms with E-state index < -0.39 is 5.60 Å². The zero-order chi connectivity index (χ0) is 16.1. The molecule has 0 aliphatic carbocycles. The van der Waals surface area contributed by atoms with Crippen molar-refractivity contribution in [1.82, 2.24) is 0 Å². The first-order valence-electron chi connectivity index (χ1n) is 7.62. The minimum Gasteiger partial charge on any atom is -0.380 e. The van der Waals surface area contributed by atoms with Gasteiger partial charge in [-0.1, -0.05) is 91.0 Å². The van der Waals surface area contributed by atoms with E-state index in [9.17, 15) is 9.90 Å². The topological polar surface area (TPSA) is 37.3 Å². The molecule has 1 N–H and O–H groups in total. The van der Waals surface area contributed by atoms with Gasteiger partial charge in [0.05, 0.1) is 0 Å². The van der Waals surface area contributed by atoms with Crippen molar-refractivity contribution in [2.45, 2.75) is 12.0 Å². The summed E-state index contributed by atoms with van der Waals surface area (Å²) in [6, 6.07) is 27.8. The summed E-state index contributed by atoms with van der Waals surface area (Å²) in [7, 11) is 0. The van der Waals surface area contributed by atoms with Crippen LogP contribution in [0, 0.1) is 0 Å². The molecule has 0 fully saturated rings. The molecule has 0 amide bonds. The van der Waals surface area contributed by atoms with Crippen LogP contribution < -0.4 is 0 Å². The Morgan fingerprint density at radius 1 is 0.696 bits per heavy atom. The van der Waals surface area contributed by atoms with Crippen LogP contribution in [-0.2, 0) is 5.60 Å². The summed E-state index contributed by atoms with van der Waals surface area (Å²) in [5, 5.41) is 11.4. The molecule has 2 heteroatoms. The van der Waals surface area contributed by atoms with Gasteiger partial charge in [-0.05, 0) is 11.1 Å². The van der Waals surface area contributed by atoms with E-state index in [-0.39, 0.29) is 12.2 Å². The highest BCUT2D eigenvalue weighted by atomic mass is 16.3. The van der Waals surface area contributed by atoms with Crippen LogP contribution in [0.2, 0.25) is 0 Å². The fourth-order valence-electron chi connectivity index (χ4n) is 2.76. The fraction of sp³-hybridized carbons (Fsp3) is 0.0952. The van der Waals surface area contributed by atoms with Crippen LogP contribution in [0.1, 0.15) is 27.9 Å². The molecule has 0 spiro atoms. The van der Waals surface area contributed by atoms with Crippen molar-refractivity contribution in [2.24, 2.45) is 0 Å². The number of hydrogen-bond acceptors (Lipinski definition) is 2. The smallest absolute Gasteiger partial charge is 0.166 e. The maximum atomic E-state index is 12.6. The van der Waals surface area contributed by atoms with Crippen molar-refractivity contribution in [3.63, 3.8) is 0 Å². The number of carbonyl (C=O) groups excluding carboxylic acids is 1. The third-order valence-corrected chi connectivity index (χ3v) is 4.01. The van der Waals surface area contributed by atoms with Crippen LogP contribution >= 0.6 is 0 Å². The maximum absolute atomic E-state index is 12.6. The number of benzene rings is 3. The summed E-state index contributed by atoms with van der Waals surface area (Å²) in [5.74, 6) is -0.0826. The molecule has 0 atom stereocenters. The molecule has 0 radical (unpaired) electrons. The first-order valence-corrected chi connectivity index (χ1v) is 7.62. The summed E-state index contributed by atoms with van der Waals surface area (Å²) >= 11 is 0. The molecule has 0 aliphatic heterocycles. The van der Waals surface area contributed by atoms with Crippen LogP contribution in [0.5, 0.6) is 0 Å². The van der Waals surface area contributed by atoms with E-state index in [0.29, 0.717) is 5.56 Å². The summed E-state index contributed by atoms with van der Waals surface area (Å²) in [5.41, 5.74) is 0.707. The van der Waals surface area contributed by atoms with Crippen molar-refractivity contribution < 1.29 is 9.90 Å². The van der Waals surface area contributed by atoms with Gasteiger partial charge in [-0.2, -0.15) is 0 Å². The van der Waals surface area contributed by atoms with Gasteiger partial charge in [0.25, 0.3) is 0 Å². The van der Waals surface area contributed by atoms with Gasteiger partial charge in [-0.25, -0.2) is 0 Å². The standard InChI is InChI=1S/C21H18O2/c22-20(17-10-4-1-5-11-17)16-21(23,18-12-6-2-7-13-18)19-14-8-3-9-15-19/h1-15,23H,16H2. The SMILES string of the molecule is O=C(CC(O)(c1ccccc1)c1ccccc1)c1ccccc1. The van der Waals surface area contributed by atoms with Gasteiger partial charge in [-0.3, -0.25) is 4.79 Å². The van der Waals surface area contributed by atoms with Crippen molar-refractivity contribution in [3.8, 4) is 0 Å². The number of hydrogen-bond donors (Lipinski definition) is 1. The molecule has 0 aliphatic rings. The average molecular weight is 302 g/mol. The van der Waals surface area contributed by atoms with E-state index >= 15 is 0 Å². The van der Waals surface area contributed by atoms with Crippen molar-refractivity contribution in [3.05, 3.63) is 108 Å². The fourth-order valence-corrected chi connectivity index (χ4v) is 2.76. The molecule has 2 nitrogen and oxygen atoms in total. The third-order valence-electron chi connectivity index (χ3n) is 4.01. The predicted molar refractivity (Wildman–Crippen MR) is 91.3 cm³/mol. The Balaban J connectivity index is 2.01. The number of ketones is 1. The quantitative estimate of drug-likeness (QED) is 0.717. The highest BCUT2D eigenvalue weighted by Gasteiger charge is 2.34. The summed E-state index contributed by atoms with van der Waals surface area (Å²) < 4.78 is 0. The molecule has 0 saturated heterocycles. The monoisotopic (exact) mass is 302 g/mol. The first-order chi connectivity index (χ1) is 11.2. The molecule has 0 unspecified atom stereocenters. The Kier molecular flexibility index (Phi) is 4.35. The molecule has 23 heavy (non-hydrogen) atoms.